The van der Waals surface area contributed by atoms with Gasteiger partial charge in [-0.3, -0.25) is 0 Å². The van der Waals surface area contributed by atoms with E-state index in [-0.39, 0.29) is 12.6 Å². The van der Waals surface area contributed by atoms with Gasteiger partial charge in [-0.05, 0) is 30.7 Å². The Hall–Kier alpha value is -1.79. The summed E-state index contributed by atoms with van der Waals surface area (Å²) in [6, 6.07) is 8.37. The van der Waals surface area contributed by atoms with E-state index in [1.165, 1.54) is 6.07 Å². The first-order chi connectivity index (χ1) is 10.4. The second-order valence-electron chi connectivity index (χ2n) is 5.01. The number of aliphatic hydroxyl groups excluding tert-OH is 1. The number of benzene rings is 1. The lowest BCUT2D eigenvalue weighted by Crippen LogP contribution is -2.30. The zero-order valence-electron chi connectivity index (χ0n) is 12.2. The van der Waals surface area contributed by atoms with Gasteiger partial charge in [-0.15, -0.1) is 0 Å². The number of alkyl halides is 3. The molecule has 1 atom stereocenters. The lowest BCUT2D eigenvalue weighted by Gasteiger charge is -2.12. The van der Waals surface area contributed by atoms with Gasteiger partial charge in [0.1, 0.15) is 11.5 Å². The van der Waals surface area contributed by atoms with Gasteiger partial charge in [0.25, 0.3) is 0 Å². The van der Waals surface area contributed by atoms with Crippen LogP contribution in [0, 0.1) is 0 Å². The Bertz CT molecular complexity index is 603. The molecule has 0 saturated carbocycles. The highest BCUT2D eigenvalue weighted by molar-refractivity contribution is 5.58. The molecule has 0 amide bonds. The Labute approximate surface area is 126 Å². The van der Waals surface area contributed by atoms with Gasteiger partial charge in [0, 0.05) is 11.6 Å². The first kappa shape index (κ1) is 16.6. The van der Waals surface area contributed by atoms with Crippen molar-refractivity contribution in [1.29, 1.82) is 0 Å². The van der Waals surface area contributed by atoms with Crippen molar-refractivity contribution in [3.8, 4) is 11.3 Å². The molecular weight excluding hydrogens is 295 g/mol. The van der Waals surface area contributed by atoms with Crippen LogP contribution in [-0.4, -0.2) is 17.8 Å². The third-order valence-corrected chi connectivity index (χ3v) is 3.41. The van der Waals surface area contributed by atoms with Crippen molar-refractivity contribution in [2.75, 3.05) is 6.61 Å². The third kappa shape index (κ3) is 4.11. The van der Waals surface area contributed by atoms with Crippen molar-refractivity contribution in [3.05, 3.63) is 47.7 Å². The average molecular weight is 313 g/mol. The summed E-state index contributed by atoms with van der Waals surface area (Å²) in [4.78, 5) is 0. The van der Waals surface area contributed by atoms with Gasteiger partial charge in [-0.2, -0.15) is 13.2 Å². The quantitative estimate of drug-likeness (QED) is 0.852. The number of furan rings is 1. The molecule has 1 unspecified atom stereocenters. The minimum atomic E-state index is -4.37. The van der Waals surface area contributed by atoms with Crippen LogP contribution >= 0.6 is 0 Å². The summed E-state index contributed by atoms with van der Waals surface area (Å²) in [7, 11) is 0. The predicted molar refractivity (Wildman–Crippen MR) is 77.2 cm³/mol. The second kappa shape index (κ2) is 6.98. The molecule has 22 heavy (non-hydrogen) atoms. The third-order valence-electron chi connectivity index (χ3n) is 3.41. The summed E-state index contributed by atoms with van der Waals surface area (Å²) in [6.45, 7) is 2.39. The zero-order valence-corrected chi connectivity index (χ0v) is 12.2. The molecule has 2 aromatic rings. The number of hydrogen-bond acceptors (Lipinski definition) is 3. The molecule has 0 radical (unpaired) electrons. The van der Waals surface area contributed by atoms with E-state index in [0.29, 0.717) is 23.6 Å². The molecule has 0 spiro atoms. The molecule has 1 aromatic heterocycles. The molecule has 0 aliphatic rings. The van der Waals surface area contributed by atoms with Crippen molar-refractivity contribution in [2.45, 2.75) is 32.1 Å². The summed E-state index contributed by atoms with van der Waals surface area (Å²) in [6.07, 6.45) is -3.60. The Morgan fingerprint density at radius 2 is 2.00 bits per heavy atom. The van der Waals surface area contributed by atoms with Crippen molar-refractivity contribution in [1.82, 2.24) is 5.32 Å². The maximum absolute atomic E-state index is 12.7. The van der Waals surface area contributed by atoms with E-state index >= 15 is 0 Å². The average Bonchev–Trinajstić information content (AvgIpc) is 2.96. The largest absolute Gasteiger partial charge is 0.460 e. The van der Waals surface area contributed by atoms with Gasteiger partial charge in [0.15, 0.2) is 0 Å². The fraction of sp³-hybridized carbons (Fsp3) is 0.375. The minimum absolute atomic E-state index is 0.0255. The predicted octanol–water partition coefficient (Wildman–Crippen LogP) is 3.83. The van der Waals surface area contributed by atoms with Gasteiger partial charge >= 0.3 is 6.18 Å². The summed E-state index contributed by atoms with van der Waals surface area (Å²) in [5, 5.41) is 12.2. The molecule has 120 valence electrons. The smallest absolute Gasteiger partial charge is 0.416 e. The van der Waals surface area contributed by atoms with Crippen LogP contribution in [-0.2, 0) is 12.7 Å². The van der Waals surface area contributed by atoms with Gasteiger partial charge in [0.05, 0.1) is 18.7 Å². The zero-order chi connectivity index (χ0) is 16.2. The Kier molecular flexibility index (Phi) is 5.26. The SMILES string of the molecule is CCC(CO)NCc1ccc(-c2cccc(C(F)(F)F)c2)o1. The van der Waals surface area contributed by atoms with Crippen LogP contribution in [0.2, 0.25) is 0 Å². The lowest BCUT2D eigenvalue weighted by molar-refractivity contribution is -0.137. The maximum Gasteiger partial charge on any atom is 0.416 e. The molecule has 0 saturated heterocycles. The van der Waals surface area contributed by atoms with Gasteiger partial charge in [0.2, 0.25) is 0 Å². The van der Waals surface area contributed by atoms with Crippen LogP contribution in [0.4, 0.5) is 13.2 Å². The molecular formula is C16H18F3NO2. The fourth-order valence-electron chi connectivity index (χ4n) is 2.06. The van der Waals surface area contributed by atoms with Crippen molar-refractivity contribution >= 4 is 0 Å². The highest BCUT2D eigenvalue weighted by Gasteiger charge is 2.30. The summed E-state index contributed by atoms with van der Waals surface area (Å²) in [5.74, 6) is 0.999. The number of hydrogen-bond donors (Lipinski definition) is 2. The lowest BCUT2D eigenvalue weighted by atomic mass is 10.1. The highest BCUT2D eigenvalue weighted by Crippen LogP contribution is 2.32. The van der Waals surface area contributed by atoms with Crippen molar-refractivity contribution < 1.29 is 22.7 Å². The topological polar surface area (TPSA) is 45.4 Å². The molecule has 2 rings (SSSR count). The van der Waals surface area contributed by atoms with Gasteiger partial charge < -0.3 is 14.8 Å². The number of nitrogens with one attached hydrogen (secondary N) is 1. The van der Waals surface area contributed by atoms with E-state index in [1.807, 2.05) is 6.92 Å². The Balaban J connectivity index is 2.11. The first-order valence-corrected chi connectivity index (χ1v) is 7.04. The molecule has 1 heterocycles. The van der Waals surface area contributed by atoms with Crippen LogP contribution < -0.4 is 5.32 Å². The summed E-state index contributed by atoms with van der Waals surface area (Å²) in [5.41, 5.74) is -0.317. The first-order valence-electron chi connectivity index (χ1n) is 7.04. The van der Waals surface area contributed by atoms with Crippen LogP contribution in [0.3, 0.4) is 0 Å². The standard InChI is InChI=1S/C16H18F3NO2/c1-2-13(10-21)20-9-14-6-7-15(22-14)11-4-3-5-12(8-11)16(17,18)19/h3-8,13,20-21H,2,9-10H2,1H3. The Morgan fingerprint density at radius 3 is 2.64 bits per heavy atom. The molecule has 0 aliphatic heterocycles. The van der Waals surface area contributed by atoms with E-state index in [1.54, 1.807) is 18.2 Å². The minimum Gasteiger partial charge on any atom is -0.460 e. The normalized spacial score (nSPS) is 13.3. The fourth-order valence-corrected chi connectivity index (χ4v) is 2.06. The van der Waals surface area contributed by atoms with E-state index in [4.69, 9.17) is 9.52 Å². The molecule has 0 bridgehead atoms. The van der Waals surface area contributed by atoms with E-state index in [9.17, 15) is 13.2 Å². The molecule has 2 N–H and O–H groups in total. The molecule has 0 fully saturated rings. The van der Waals surface area contributed by atoms with Crippen LogP contribution in [0.15, 0.2) is 40.8 Å². The molecule has 0 aliphatic carbocycles. The number of aliphatic hydroxyl groups is 1. The van der Waals surface area contributed by atoms with Crippen LogP contribution in [0.5, 0.6) is 0 Å². The second-order valence-corrected chi connectivity index (χ2v) is 5.01. The van der Waals surface area contributed by atoms with Crippen LogP contribution in [0.1, 0.15) is 24.7 Å². The van der Waals surface area contributed by atoms with Crippen molar-refractivity contribution in [2.24, 2.45) is 0 Å². The molecule has 1 aromatic carbocycles. The molecule has 6 heteroatoms. The van der Waals surface area contributed by atoms with Crippen molar-refractivity contribution in [3.63, 3.8) is 0 Å². The maximum atomic E-state index is 12.7. The Morgan fingerprint density at radius 1 is 1.23 bits per heavy atom. The van der Waals surface area contributed by atoms with E-state index < -0.39 is 11.7 Å². The van der Waals surface area contributed by atoms with Gasteiger partial charge in [-0.1, -0.05) is 19.1 Å². The molecule has 3 nitrogen and oxygen atoms in total. The summed E-state index contributed by atoms with van der Waals surface area (Å²) < 4.78 is 43.7. The van der Waals surface area contributed by atoms with Gasteiger partial charge in [-0.25, -0.2) is 0 Å². The van der Waals surface area contributed by atoms with E-state index in [2.05, 4.69) is 5.32 Å². The number of rotatable bonds is 6. The highest BCUT2D eigenvalue weighted by atomic mass is 19.4. The van der Waals surface area contributed by atoms with Crippen LogP contribution in [0.25, 0.3) is 11.3 Å². The monoisotopic (exact) mass is 313 g/mol. The number of halogens is 3. The van der Waals surface area contributed by atoms with E-state index in [0.717, 1.165) is 18.6 Å². The summed E-state index contributed by atoms with van der Waals surface area (Å²) >= 11 is 0.